The van der Waals surface area contributed by atoms with Crippen molar-refractivity contribution in [1.82, 2.24) is 0 Å². The number of fused-ring (bicyclic) bond motifs is 1. The van der Waals surface area contributed by atoms with Gasteiger partial charge in [-0.3, -0.25) is 4.79 Å². The molecule has 5 aromatic carbocycles. The number of methoxy groups -OCH3 is 1. The van der Waals surface area contributed by atoms with Crippen LogP contribution in [0, 0.1) is 5.82 Å². The fourth-order valence-corrected chi connectivity index (χ4v) is 4.43. The summed E-state index contributed by atoms with van der Waals surface area (Å²) in [4.78, 5) is 10.3. The average Bonchev–Trinajstić information content (AvgIpc) is 2.94. The average molecular weight is 545 g/mol. The van der Waals surface area contributed by atoms with Crippen molar-refractivity contribution in [2.45, 2.75) is 4.90 Å². The summed E-state index contributed by atoms with van der Waals surface area (Å²) in [5.74, 6) is 1.78. The number of hydrogen-bond acceptors (Lipinski definition) is 6. The normalized spacial score (nSPS) is 10.8. The fraction of sp³-hybridized carbons (Fsp3) is 0.0645. The molecule has 0 heterocycles. The number of hydrogen-bond donors (Lipinski definition) is 1. The summed E-state index contributed by atoms with van der Waals surface area (Å²) in [5.41, 5.74) is 2.14. The van der Waals surface area contributed by atoms with Crippen LogP contribution in [0.5, 0.6) is 23.0 Å². The molecule has 0 saturated heterocycles. The maximum Gasteiger partial charge on any atom is 0.175 e. The first-order chi connectivity index (χ1) is 18.7. The highest BCUT2D eigenvalue weighted by atomic mass is 32.2. The van der Waals surface area contributed by atoms with Gasteiger partial charge >= 0.3 is 0 Å². The van der Waals surface area contributed by atoms with Crippen LogP contribution in [-0.4, -0.2) is 33.2 Å². The van der Waals surface area contributed by atoms with Crippen molar-refractivity contribution in [2.75, 3.05) is 13.4 Å². The lowest BCUT2D eigenvalue weighted by atomic mass is 9.99. The van der Waals surface area contributed by atoms with Crippen LogP contribution in [-0.2, 0) is 9.84 Å². The molecular weight excluding hydrogens is 519 g/mol. The van der Waals surface area contributed by atoms with E-state index in [9.17, 15) is 22.7 Å². The Kier molecular flexibility index (Phi) is 8.27. The van der Waals surface area contributed by atoms with Gasteiger partial charge in [-0.2, -0.15) is 0 Å². The summed E-state index contributed by atoms with van der Waals surface area (Å²) >= 11 is 0. The Morgan fingerprint density at radius 1 is 0.795 bits per heavy atom. The lowest BCUT2D eigenvalue weighted by Gasteiger charge is -2.15. The second-order valence-electron chi connectivity index (χ2n) is 8.59. The van der Waals surface area contributed by atoms with Crippen molar-refractivity contribution in [1.29, 1.82) is 0 Å². The summed E-state index contributed by atoms with van der Waals surface area (Å²) < 4.78 is 47.3. The van der Waals surface area contributed by atoms with E-state index in [0.29, 0.717) is 23.3 Å². The Labute approximate surface area is 225 Å². The number of carbonyl (C=O) groups excluding carboxylic acids is 1. The summed E-state index contributed by atoms with van der Waals surface area (Å²) in [5, 5.41) is 11.4. The Morgan fingerprint density at radius 2 is 1.44 bits per heavy atom. The van der Waals surface area contributed by atoms with Crippen LogP contribution in [0.3, 0.4) is 0 Å². The van der Waals surface area contributed by atoms with Crippen LogP contribution in [0.15, 0.2) is 108 Å². The molecule has 6 nitrogen and oxygen atoms in total. The van der Waals surface area contributed by atoms with Gasteiger partial charge in [0, 0.05) is 22.8 Å². The van der Waals surface area contributed by atoms with Gasteiger partial charge in [0.1, 0.15) is 35.1 Å². The molecule has 0 aliphatic rings. The number of ether oxygens (including phenoxy) is 2. The quantitative estimate of drug-likeness (QED) is 0.230. The number of benzene rings is 5. The molecule has 0 radical (unpaired) electrons. The van der Waals surface area contributed by atoms with E-state index in [1.54, 1.807) is 55.6 Å². The van der Waals surface area contributed by atoms with Gasteiger partial charge in [-0.25, -0.2) is 12.8 Å². The number of aldehydes is 1. The Bertz CT molecular complexity index is 1700. The largest absolute Gasteiger partial charge is 0.508 e. The molecule has 0 aliphatic heterocycles. The molecule has 0 aromatic heterocycles. The van der Waals surface area contributed by atoms with Crippen LogP contribution in [0.25, 0.3) is 21.9 Å². The minimum atomic E-state index is -3.28. The third-order valence-corrected chi connectivity index (χ3v) is 6.96. The Morgan fingerprint density at radius 3 is 2.03 bits per heavy atom. The second kappa shape index (κ2) is 11.8. The van der Waals surface area contributed by atoms with Gasteiger partial charge in [0.2, 0.25) is 0 Å². The van der Waals surface area contributed by atoms with E-state index in [0.717, 1.165) is 27.6 Å². The zero-order valence-corrected chi connectivity index (χ0v) is 22.0. The van der Waals surface area contributed by atoms with Crippen LogP contribution >= 0.6 is 0 Å². The van der Waals surface area contributed by atoms with Crippen LogP contribution in [0.4, 0.5) is 4.39 Å². The predicted molar refractivity (Wildman–Crippen MR) is 149 cm³/mol. The van der Waals surface area contributed by atoms with Crippen molar-refractivity contribution in [3.8, 4) is 34.1 Å². The molecule has 0 fully saturated rings. The van der Waals surface area contributed by atoms with E-state index in [1.165, 1.54) is 30.5 Å². The molecule has 39 heavy (non-hydrogen) atoms. The minimum Gasteiger partial charge on any atom is -0.508 e. The highest BCUT2D eigenvalue weighted by molar-refractivity contribution is 7.90. The van der Waals surface area contributed by atoms with Gasteiger partial charge in [0.05, 0.1) is 12.0 Å². The van der Waals surface area contributed by atoms with Crippen LogP contribution in [0.2, 0.25) is 0 Å². The van der Waals surface area contributed by atoms with Crippen molar-refractivity contribution in [2.24, 2.45) is 0 Å². The Balaban J connectivity index is 0.000000333. The SMILES string of the molecule is COc1ccc2c(Oc3ccc(O)cc3)c(-c3ccc(S(C)(=O)=O)cc3)ccc2c1.O=Cc1ccc(F)cc1. The third-order valence-electron chi connectivity index (χ3n) is 5.83. The first-order valence-corrected chi connectivity index (χ1v) is 13.7. The van der Waals surface area contributed by atoms with Crippen LogP contribution < -0.4 is 9.47 Å². The molecule has 5 aromatic rings. The molecule has 0 aliphatic carbocycles. The first kappa shape index (κ1) is 27.3. The van der Waals surface area contributed by atoms with E-state index in [1.807, 2.05) is 30.3 Å². The summed E-state index contributed by atoms with van der Waals surface area (Å²) in [7, 11) is -1.66. The molecule has 0 saturated carbocycles. The van der Waals surface area contributed by atoms with Gasteiger partial charge in [-0.05, 0) is 95.9 Å². The van der Waals surface area contributed by atoms with E-state index in [2.05, 4.69) is 0 Å². The summed E-state index contributed by atoms with van der Waals surface area (Å²) in [6, 6.07) is 28.2. The smallest absolute Gasteiger partial charge is 0.175 e. The maximum absolute atomic E-state index is 12.1. The number of carbonyl (C=O) groups is 1. The predicted octanol–water partition coefficient (Wildman–Crippen LogP) is 7.06. The molecule has 8 heteroatoms. The highest BCUT2D eigenvalue weighted by Gasteiger charge is 2.14. The molecule has 1 N–H and O–H groups in total. The van der Waals surface area contributed by atoms with Gasteiger partial charge in [-0.1, -0.05) is 18.2 Å². The first-order valence-electron chi connectivity index (χ1n) is 11.8. The van der Waals surface area contributed by atoms with Crippen LogP contribution in [0.1, 0.15) is 10.4 Å². The van der Waals surface area contributed by atoms with Gasteiger partial charge in [-0.15, -0.1) is 0 Å². The lowest BCUT2D eigenvalue weighted by molar-refractivity contribution is 0.112. The molecule has 0 unspecified atom stereocenters. The number of aromatic hydroxyl groups is 1. The topological polar surface area (TPSA) is 89.9 Å². The number of sulfone groups is 1. The number of phenols is 1. The van der Waals surface area contributed by atoms with E-state index >= 15 is 0 Å². The molecule has 0 spiro atoms. The summed E-state index contributed by atoms with van der Waals surface area (Å²) in [6.07, 6.45) is 1.87. The zero-order valence-electron chi connectivity index (χ0n) is 21.2. The maximum atomic E-state index is 12.1. The van der Waals surface area contributed by atoms with E-state index in [4.69, 9.17) is 9.47 Å². The lowest BCUT2D eigenvalue weighted by Crippen LogP contribution is -1.96. The van der Waals surface area contributed by atoms with Crippen molar-refractivity contribution in [3.05, 3.63) is 115 Å². The van der Waals surface area contributed by atoms with Crippen molar-refractivity contribution in [3.63, 3.8) is 0 Å². The van der Waals surface area contributed by atoms with E-state index in [-0.39, 0.29) is 16.5 Å². The second-order valence-corrected chi connectivity index (χ2v) is 10.6. The molecule has 5 rings (SSSR count). The Hall–Kier alpha value is -4.69. The standard InChI is InChI=1S/C24H20O5S.C7H5FO/c1-28-20-10-14-23-17(15-20)5-13-22(16-3-11-21(12-4-16)30(2,26)27)24(23)29-19-8-6-18(25)7-9-19;8-7-3-1-6(5-9)2-4-7/h3-15,25H,1-2H3;1-5H. The van der Waals surface area contributed by atoms with Gasteiger partial charge in [0.15, 0.2) is 9.84 Å². The number of halogens is 1. The molecular formula is C31H25FO6S. The molecule has 198 valence electrons. The van der Waals surface area contributed by atoms with Crippen molar-refractivity contribution >= 4 is 26.9 Å². The zero-order chi connectivity index (χ0) is 28.0. The third kappa shape index (κ3) is 6.80. The fourth-order valence-electron chi connectivity index (χ4n) is 3.80. The molecule has 0 atom stereocenters. The minimum absolute atomic E-state index is 0.154. The number of phenolic OH excluding ortho intramolecular Hbond substituents is 1. The summed E-state index contributed by atoms with van der Waals surface area (Å²) in [6.45, 7) is 0. The van der Waals surface area contributed by atoms with Gasteiger partial charge in [0.25, 0.3) is 0 Å². The van der Waals surface area contributed by atoms with Crippen molar-refractivity contribution < 1.29 is 32.2 Å². The monoisotopic (exact) mass is 544 g/mol. The van der Waals surface area contributed by atoms with E-state index < -0.39 is 9.84 Å². The van der Waals surface area contributed by atoms with Gasteiger partial charge < -0.3 is 14.6 Å². The number of rotatable bonds is 6. The highest BCUT2D eigenvalue weighted by Crippen LogP contribution is 2.41. The molecule has 0 bridgehead atoms. The molecule has 0 amide bonds.